The second kappa shape index (κ2) is 5.56. The number of aromatic amines is 1. The number of H-pyrrole nitrogens is 1. The minimum Gasteiger partial charge on any atom is -0.381 e. The predicted octanol–water partition coefficient (Wildman–Crippen LogP) is 2.00. The molecule has 1 aromatic carbocycles. The van der Waals surface area contributed by atoms with Gasteiger partial charge in [0.1, 0.15) is 0 Å². The molecular weight excluding hydrogens is 240 g/mol. The number of hydrogen-bond donors (Lipinski definition) is 3. The fourth-order valence-electron chi connectivity index (χ4n) is 1.91. The van der Waals surface area contributed by atoms with E-state index < -0.39 is 0 Å². The Bertz CT molecular complexity index is 552. The van der Waals surface area contributed by atoms with E-state index in [1.54, 1.807) is 19.2 Å². The van der Waals surface area contributed by atoms with Crippen LogP contribution in [0.5, 0.6) is 0 Å². The van der Waals surface area contributed by atoms with Crippen molar-refractivity contribution in [1.29, 1.82) is 0 Å². The lowest BCUT2D eigenvalue weighted by Crippen LogP contribution is -2.17. The lowest BCUT2D eigenvalue weighted by molar-refractivity contribution is 0.0963. The van der Waals surface area contributed by atoms with Crippen molar-refractivity contribution in [2.45, 2.75) is 20.4 Å². The van der Waals surface area contributed by atoms with E-state index in [4.69, 9.17) is 0 Å². The van der Waals surface area contributed by atoms with Gasteiger partial charge >= 0.3 is 0 Å². The zero-order chi connectivity index (χ0) is 13.8. The lowest BCUT2D eigenvalue weighted by atomic mass is 10.1. The topological polar surface area (TPSA) is 69.8 Å². The van der Waals surface area contributed by atoms with Crippen molar-refractivity contribution in [1.82, 2.24) is 15.5 Å². The van der Waals surface area contributed by atoms with Crippen LogP contribution in [0.15, 0.2) is 24.3 Å². The van der Waals surface area contributed by atoms with Crippen molar-refractivity contribution in [3.8, 4) is 0 Å². The SMILES string of the molecule is CNC(=O)c1ccc(NCc2c(C)n[nH]c2C)cc1. The Hall–Kier alpha value is -2.30. The number of rotatable bonds is 4. The summed E-state index contributed by atoms with van der Waals surface area (Å²) < 4.78 is 0. The number of aromatic nitrogens is 2. The Morgan fingerprint density at radius 1 is 1.26 bits per heavy atom. The molecule has 0 aliphatic rings. The first-order chi connectivity index (χ1) is 9.11. The number of hydrogen-bond acceptors (Lipinski definition) is 3. The summed E-state index contributed by atoms with van der Waals surface area (Å²) in [4.78, 5) is 11.4. The number of nitrogens with one attached hydrogen (secondary N) is 3. The normalized spacial score (nSPS) is 10.3. The molecule has 0 saturated carbocycles. The molecule has 3 N–H and O–H groups in total. The molecule has 0 aliphatic heterocycles. The van der Waals surface area contributed by atoms with Crippen molar-refractivity contribution >= 4 is 11.6 Å². The Kier molecular flexibility index (Phi) is 3.85. The van der Waals surface area contributed by atoms with Gasteiger partial charge in [-0.3, -0.25) is 9.89 Å². The molecule has 0 bridgehead atoms. The van der Waals surface area contributed by atoms with Gasteiger partial charge in [-0.15, -0.1) is 0 Å². The highest BCUT2D eigenvalue weighted by atomic mass is 16.1. The fourth-order valence-corrected chi connectivity index (χ4v) is 1.91. The Balaban J connectivity index is 2.03. The molecule has 0 spiro atoms. The largest absolute Gasteiger partial charge is 0.381 e. The van der Waals surface area contributed by atoms with Crippen LogP contribution >= 0.6 is 0 Å². The molecule has 0 unspecified atom stereocenters. The third-order valence-electron chi connectivity index (χ3n) is 3.12. The zero-order valence-electron chi connectivity index (χ0n) is 11.4. The fraction of sp³-hybridized carbons (Fsp3) is 0.286. The first-order valence-corrected chi connectivity index (χ1v) is 6.18. The summed E-state index contributed by atoms with van der Waals surface area (Å²) >= 11 is 0. The second-order valence-electron chi connectivity index (χ2n) is 4.42. The maximum atomic E-state index is 11.4. The van der Waals surface area contributed by atoms with Crippen LogP contribution < -0.4 is 10.6 Å². The molecule has 1 heterocycles. The highest BCUT2D eigenvalue weighted by Crippen LogP contribution is 2.14. The van der Waals surface area contributed by atoms with E-state index >= 15 is 0 Å². The highest BCUT2D eigenvalue weighted by Gasteiger charge is 2.06. The van der Waals surface area contributed by atoms with E-state index in [0.29, 0.717) is 12.1 Å². The van der Waals surface area contributed by atoms with E-state index in [9.17, 15) is 4.79 Å². The first-order valence-electron chi connectivity index (χ1n) is 6.18. The second-order valence-corrected chi connectivity index (χ2v) is 4.42. The molecule has 0 aliphatic carbocycles. The molecule has 0 saturated heterocycles. The van der Waals surface area contributed by atoms with E-state index in [1.807, 2.05) is 26.0 Å². The first kappa shape index (κ1) is 13.1. The van der Waals surface area contributed by atoms with Crippen molar-refractivity contribution in [3.63, 3.8) is 0 Å². The molecule has 1 aromatic heterocycles. The molecule has 1 amide bonds. The van der Waals surface area contributed by atoms with Crippen molar-refractivity contribution in [3.05, 3.63) is 46.8 Å². The average molecular weight is 258 g/mol. The summed E-state index contributed by atoms with van der Waals surface area (Å²) in [7, 11) is 1.62. The third kappa shape index (κ3) is 2.93. The molecule has 5 heteroatoms. The lowest BCUT2D eigenvalue weighted by Gasteiger charge is -2.07. The van der Waals surface area contributed by atoms with Gasteiger partial charge in [0.2, 0.25) is 0 Å². The van der Waals surface area contributed by atoms with Crippen molar-refractivity contribution in [2.24, 2.45) is 0 Å². The summed E-state index contributed by atoms with van der Waals surface area (Å²) in [5, 5.41) is 13.0. The van der Waals surface area contributed by atoms with Crippen LogP contribution in [-0.4, -0.2) is 23.2 Å². The maximum Gasteiger partial charge on any atom is 0.251 e. The molecule has 100 valence electrons. The van der Waals surface area contributed by atoms with Gasteiger partial charge in [-0.2, -0.15) is 5.10 Å². The molecule has 2 aromatic rings. The summed E-state index contributed by atoms with van der Waals surface area (Å²) in [6.45, 7) is 4.70. The van der Waals surface area contributed by atoms with Gasteiger partial charge in [-0.1, -0.05) is 0 Å². The quantitative estimate of drug-likeness (QED) is 0.785. The van der Waals surface area contributed by atoms with E-state index in [-0.39, 0.29) is 5.91 Å². The number of carbonyl (C=O) groups excluding carboxylic acids is 1. The van der Waals surface area contributed by atoms with Crippen LogP contribution in [0.3, 0.4) is 0 Å². The summed E-state index contributed by atoms with van der Waals surface area (Å²) in [5.41, 5.74) is 4.89. The molecule has 0 radical (unpaired) electrons. The molecular formula is C14H18N4O. The Morgan fingerprint density at radius 2 is 1.95 bits per heavy atom. The number of aryl methyl sites for hydroxylation is 2. The van der Waals surface area contributed by atoms with Gasteiger partial charge in [-0.05, 0) is 38.1 Å². The zero-order valence-corrected chi connectivity index (χ0v) is 11.4. The van der Waals surface area contributed by atoms with Crippen LogP contribution in [0, 0.1) is 13.8 Å². The number of carbonyl (C=O) groups is 1. The van der Waals surface area contributed by atoms with Gasteiger partial charge in [-0.25, -0.2) is 0 Å². The third-order valence-corrected chi connectivity index (χ3v) is 3.12. The number of benzene rings is 1. The van der Waals surface area contributed by atoms with Crippen LogP contribution in [0.2, 0.25) is 0 Å². The van der Waals surface area contributed by atoms with Crippen molar-refractivity contribution < 1.29 is 4.79 Å². The minimum absolute atomic E-state index is 0.0759. The van der Waals surface area contributed by atoms with Crippen molar-refractivity contribution in [2.75, 3.05) is 12.4 Å². The molecule has 2 rings (SSSR count). The Labute approximate surface area is 112 Å². The van der Waals surface area contributed by atoms with E-state index in [2.05, 4.69) is 20.8 Å². The summed E-state index contributed by atoms with van der Waals surface area (Å²) in [6, 6.07) is 7.40. The van der Waals surface area contributed by atoms with E-state index in [1.165, 1.54) is 5.56 Å². The Morgan fingerprint density at radius 3 is 2.47 bits per heavy atom. The highest BCUT2D eigenvalue weighted by molar-refractivity contribution is 5.94. The smallest absolute Gasteiger partial charge is 0.251 e. The number of nitrogens with zero attached hydrogens (tertiary/aromatic N) is 1. The number of amides is 1. The number of anilines is 1. The van der Waals surface area contributed by atoms with Gasteiger partial charge < -0.3 is 10.6 Å². The van der Waals surface area contributed by atoms with Gasteiger partial charge in [0.15, 0.2) is 0 Å². The van der Waals surface area contributed by atoms with E-state index in [0.717, 1.165) is 17.1 Å². The van der Waals surface area contributed by atoms with Gasteiger partial charge in [0.25, 0.3) is 5.91 Å². The molecule has 0 atom stereocenters. The molecule has 5 nitrogen and oxygen atoms in total. The summed E-state index contributed by atoms with van der Waals surface area (Å²) in [6.07, 6.45) is 0. The summed E-state index contributed by atoms with van der Waals surface area (Å²) in [5.74, 6) is -0.0759. The maximum absolute atomic E-state index is 11.4. The molecule has 0 fully saturated rings. The molecule has 19 heavy (non-hydrogen) atoms. The minimum atomic E-state index is -0.0759. The van der Waals surface area contributed by atoms with Gasteiger partial charge in [0, 0.05) is 36.1 Å². The van der Waals surface area contributed by atoms with Crippen LogP contribution in [0.1, 0.15) is 27.3 Å². The monoisotopic (exact) mass is 258 g/mol. The van der Waals surface area contributed by atoms with Crippen LogP contribution in [0.4, 0.5) is 5.69 Å². The van der Waals surface area contributed by atoms with Crippen LogP contribution in [-0.2, 0) is 6.54 Å². The van der Waals surface area contributed by atoms with Crippen LogP contribution in [0.25, 0.3) is 0 Å². The predicted molar refractivity (Wildman–Crippen MR) is 75.2 cm³/mol. The average Bonchev–Trinajstić information content (AvgIpc) is 2.75. The standard InChI is InChI=1S/C14H18N4O/c1-9-13(10(2)18-17-9)8-16-12-6-4-11(5-7-12)14(19)15-3/h4-7,16H,8H2,1-3H3,(H,15,19)(H,17,18). The van der Waals surface area contributed by atoms with Gasteiger partial charge in [0.05, 0.1) is 5.69 Å².